The molecule has 8 heteroatoms. The van der Waals surface area contributed by atoms with E-state index in [-0.39, 0.29) is 23.9 Å². The Kier molecular flexibility index (Phi) is 5.27. The summed E-state index contributed by atoms with van der Waals surface area (Å²) in [5, 5.41) is 3.41. The first-order valence-corrected chi connectivity index (χ1v) is 9.89. The van der Waals surface area contributed by atoms with Gasteiger partial charge in [0.2, 0.25) is 17.8 Å². The lowest BCUT2D eigenvalue weighted by Gasteiger charge is -2.31. The summed E-state index contributed by atoms with van der Waals surface area (Å²) in [6, 6.07) is 8.72. The van der Waals surface area contributed by atoms with Crippen molar-refractivity contribution in [2.75, 3.05) is 35.6 Å². The lowest BCUT2D eigenvalue weighted by Crippen LogP contribution is -2.38. The lowest BCUT2D eigenvalue weighted by molar-refractivity contribution is -0.148. The van der Waals surface area contributed by atoms with Crippen molar-refractivity contribution in [3.63, 3.8) is 0 Å². The molecular formula is C20H26N6O2. The number of hydrogen-bond donors (Lipinski definition) is 2. The highest BCUT2D eigenvalue weighted by Crippen LogP contribution is 2.25. The van der Waals surface area contributed by atoms with Crippen LogP contribution in [-0.2, 0) is 22.4 Å². The van der Waals surface area contributed by atoms with Crippen LogP contribution in [0.3, 0.4) is 0 Å². The zero-order chi connectivity index (χ0) is 19.5. The minimum Gasteiger partial charge on any atom is -0.466 e. The number of aromatic nitrogens is 3. The number of rotatable bonds is 5. The van der Waals surface area contributed by atoms with Gasteiger partial charge in [-0.05, 0) is 43.7 Å². The van der Waals surface area contributed by atoms with Crippen LogP contribution in [0.25, 0.3) is 0 Å². The number of nitrogens with one attached hydrogen (secondary N) is 1. The summed E-state index contributed by atoms with van der Waals surface area (Å²) < 4.78 is 5.13. The number of anilines is 3. The summed E-state index contributed by atoms with van der Waals surface area (Å²) in [5.74, 6) is 1.11. The highest BCUT2D eigenvalue weighted by molar-refractivity contribution is 5.72. The minimum atomic E-state index is -0.111. The van der Waals surface area contributed by atoms with Crippen LogP contribution in [-0.4, -0.2) is 46.7 Å². The van der Waals surface area contributed by atoms with Gasteiger partial charge >= 0.3 is 5.97 Å². The van der Waals surface area contributed by atoms with Gasteiger partial charge in [0.1, 0.15) is 0 Å². The second-order valence-corrected chi connectivity index (χ2v) is 7.35. The predicted octanol–water partition coefficient (Wildman–Crippen LogP) is 1.81. The molecule has 0 saturated carbocycles. The molecule has 2 aromatic rings. The lowest BCUT2D eigenvalue weighted by atomic mass is 9.97. The average molecular weight is 382 g/mol. The van der Waals surface area contributed by atoms with E-state index in [0.29, 0.717) is 31.6 Å². The molecule has 1 fully saturated rings. The van der Waals surface area contributed by atoms with Gasteiger partial charge in [-0.15, -0.1) is 0 Å². The summed E-state index contributed by atoms with van der Waals surface area (Å²) in [7, 11) is 0. The van der Waals surface area contributed by atoms with Crippen molar-refractivity contribution in [3.05, 3.63) is 35.4 Å². The monoisotopic (exact) mass is 382 g/mol. The van der Waals surface area contributed by atoms with E-state index >= 15 is 0 Å². The number of ether oxygens (including phenoxy) is 1. The molecule has 0 spiro atoms. The Balaban J connectivity index is 1.40. The van der Waals surface area contributed by atoms with Gasteiger partial charge in [0.05, 0.1) is 12.5 Å². The molecule has 3 N–H and O–H groups in total. The van der Waals surface area contributed by atoms with Gasteiger partial charge in [-0.2, -0.15) is 15.0 Å². The van der Waals surface area contributed by atoms with Crippen molar-refractivity contribution in [2.24, 2.45) is 5.92 Å². The van der Waals surface area contributed by atoms with Gasteiger partial charge in [0, 0.05) is 19.1 Å². The molecule has 0 radical (unpaired) electrons. The quantitative estimate of drug-likeness (QED) is 0.754. The van der Waals surface area contributed by atoms with E-state index in [2.05, 4.69) is 49.4 Å². The first kappa shape index (κ1) is 18.5. The summed E-state index contributed by atoms with van der Waals surface area (Å²) in [6.07, 6.45) is 3.35. The summed E-state index contributed by atoms with van der Waals surface area (Å²) in [4.78, 5) is 27.1. The number of nitrogens with two attached hydrogens (primary N) is 1. The zero-order valence-corrected chi connectivity index (χ0v) is 16.1. The van der Waals surface area contributed by atoms with Gasteiger partial charge in [-0.25, -0.2) is 0 Å². The molecule has 1 aliphatic heterocycles. The molecule has 0 amide bonds. The molecule has 0 bridgehead atoms. The van der Waals surface area contributed by atoms with E-state index in [0.717, 1.165) is 25.7 Å². The number of hydrogen-bond acceptors (Lipinski definition) is 8. The normalized spacial score (nSPS) is 17.4. The number of fused-ring (bicyclic) bond motifs is 1. The summed E-state index contributed by atoms with van der Waals surface area (Å²) in [5.41, 5.74) is 8.66. The largest absolute Gasteiger partial charge is 0.466 e. The molecule has 4 rings (SSSR count). The number of esters is 1. The molecule has 1 aliphatic carbocycles. The zero-order valence-electron chi connectivity index (χ0n) is 16.1. The average Bonchev–Trinajstić information content (AvgIpc) is 3.10. The van der Waals surface area contributed by atoms with Crippen LogP contribution >= 0.6 is 0 Å². The topological polar surface area (TPSA) is 106 Å². The fourth-order valence-electron chi connectivity index (χ4n) is 4.01. The molecule has 2 heterocycles. The van der Waals surface area contributed by atoms with E-state index in [9.17, 15) is 4.79 Å². The predicted molar refractivity (Wildman–Crippen MR) is 107 cm³/mol. The van der Waals surface area contributed by atoms with Gasteiger partial charge in [0.25, 0.3) is 0 Å². The van der Waals surface area contributed by atoms with Crippen molar-refractivity contribution in [1.82, 2.24) is 15.0 Å². The number of nitrogen functional groups attached to an aromatic ring is 1. The first-order chi connectivity index (χ1) is 13.6. The van der Waals surface area contributed by atoms with Crippen LogP contribution in [0.5, 0.6) is 0 Å². The highest BCUT2D eigenvalue weighted by Gasteiger charge is 2.28. The summed E-state index contributed by atoms with van der Waals surface area (Å²) in [6.45, 7) is 3.64. The standard InChI is InChI=1S/C20H26N6O2/c1-2-28-17(27)13-7-9-26(10-8-13)20-24-18(21)23-19(25-20)22-16-11-14-5-3-4-6-15(14)12-16/h3-6,13,16H,2,7-12H2,1H3,(H3,21,22,23,24,25). The number of nitrogens with zero attached hydrogens (tertiary/aromatic N) is 4. The first-order valence-electron chi connectivity index (χ1n) is 9.89. The molecule has 148 valence electrons. The highest BCUT2D eigenvalue weighted by atomic mass is 16.5. The number of piperidine rings is 1. The fourth-order valence-corrected chi connectivity index (χ4v) is 4.01. The maximum Gasteiger partial charge on any atom is 0.309 e. The van der Waals surface area contributed by atoms with Crippen LogP contribution in [0.4, 0.5) is 17.8 Å². The van der Waals surface area contributed by atoms with E-state index in [4.69, 9.17) is 10.5 Å². The molecule has 8 nitrogen and oxygen atoms in total. The number of carbonyl (C=O) groups excluding carboxylic acids is 1. The van der Waals surface area contributed by atoms with Crippen molar-refractivity contribution < 1.29 is 9.53 Å². The van der Waals surface area contributed by atoms with Crippen LogP contribution < -0.4 is 16.0 Å². The third kappa shape index (κ3) is 4.00. The Morgan fingerprint density at radius 3 is 2.50 bits per heavy atom. The van der Waals surface area contributed by atoms with Crippen LogP contribution in [0.2, 0.25) is 0 Å². The Hall–Kier alpha value is -2.90. The Morgan fingerprint density at radius 2 is 1.86 bits per heavy atom. The van der Waals surface area contributed by atoms with E-state index in [1.807, 2.05) is 6.92 Å². The van der Waals surface area contributed by atoms with Crippen molar-refractivity contribution in [1.29, 1.82) is 0 Å². The number of carbonyl (C=O) groups is 1. The van der Waals surface area contributed by atoms with Crippen LogP contribution in [0.15, 0.2) is 24.3 Å². The fraction of sp³-hybridized carbons (Fsp3) is 0.500. The van der Waals surface area contributed by atoms with Gasteiger partial charge in [0.15, 0.2) is 0 Å². The Bertz CT molecular complexity index is 825. The third-order valence-electron chi connectivity index (χ3n) is 5.42. The molecule has 1 aromatic carbocycles. The Labute approximate surface area is 164 Å². The molecule has 1 saturated heterocycles. The van der Waals surface area contributed by atoms with Crippen LogP contribution in [0.1, 0.15) is 30.9 Å². The molecule has 2 aliphatic rings. The maximum atomic E-state index is 11.9. The summed E-state index contributed by atoms with van der Waals surface area (Å²) >= 11 is 0. The molecular weight excluding hydrogens is 356 g/mol. The second kappa shape index (κ2) is 8.00. The molecule has 28 heavy (non-hydrogen) atoms. The van der Waals surface area contributed by atoms with Gasteiger partial charge in [-0.1, -0.05) is 24.3 Å². The minimum absolute atomic E-state index is 0.0510. The van der Waals surface area contributed by atoms with Crippen LogP contribution in [0, 0.1) is 5.92 Å². The van der Waals surface area contributed by atoms with E-state index in [1.165, 1.54) is 11.1 Å². The van der Waals surface area contributed by atoms with Crippen molar-refractivity contribution in [3.8, 4) is 0 Å². The maximum absolute atomic E-state index is 11.9. The van der Waals surface area contributed by atoms with Crippen molar-refractivity contribution >= 4 is 23.8 Å². The molecule has 0 atom stereocenters. The third-order valence-corrected chi connectivity index (χ3v) is 5.42. The van der Waals surface area contributed by atoms with Gasteiger partial charge in [-0.3, -0.25) is 4.79 Å². The van der Waals surface area contributed by atoms with Gasteiger partial charge < -0.3 is 20.7 Å². The second-order valence-electron chi connectivity index (χ2n) is 7.35. The smallest absolute Gasteiger partial charge is 0.309 e. The van der Waals surface area contributed by atoms with E-state index < -0.39 is 0 Å². The molecule has 1 aromatic heterocycles. The Morgan fingerprint density at radius 1 is 1.18 bits per heavy atom. The van der Waals surface area contributed by atoms with E-state index in [1.54, 1.807) is 0 Å². The number of benzene rings is 1. The SMILES string of the molecule is CCOC(=O)C1CCN(c2nc(N)nc(NC3Cc4ccccc4C3)n2)CC1. The molecule has 0 unspecified atom stereocenters. The van der Waals surface area contributed by atoms with Crippen molar-refractivity contribution in [2.45, 2.75) is 38.6 Å².